The van der Waals surface area contributed by atoms with Crippen LogP contribution in [0.5, 0.6) is 0 Å². The second kappa shape index (κ2) is 5.24. The van der Waals surface area contributed by atoms with Crippen LogP contribution in [0.3, 0.4) is 0 Å². The highest BCUT2D eigenvalue weighted by atomic mass is 32.1. The Morgan fingerprint density at radius 3 is 2.65 bits per heavy atom. The summed E-state index contributed by atoms with van der Waals surface area (Å²) in [5, 5.41) is 9.02. The molecule has 1 unspecified atom stereocenters. The predicted octanol–water partition coefficient (Wildman–Crippen LogP) is 3.59. The molecule has 1 aromatic heterocycles. The average molecular weight is 325 g/mol. The molecule has 23 heavy (non-hydrogen) atoms. The van der Waals surface area contributed by atoms with Crippen LogP contribution >= 0.6 is 11.3 Å². The minimum atomic E-state index is -0.641. The van der Waals surface area contributed by atoms with Crippen molar-refractivity contribution < 1.29 is 9.18 Å². The lowest BCUT2D eigenvalue weighted by atomic mass is 10.1. The molecule has 1 fully saturated rings. The molecule has 0 saturated carbocycles. The van der Waals surface area contributed by atoms with Crippen LogP contribution in [0.25, 0.3) is 10.2 Å². The Hall–Kier alpha value is -2.60. The number of thiazole rings is 1. The van der Waals surface area contributed by atoms with Gasteiger partial charge in [-0.25, -0.2) is 9.37 Å². The number of carbonyl (C=O) groups excluding carboxylic acids is 1. The maximum Gasteiger partial charge on any atom is 0.170 e. The van der Waals surface area contributed by atoms with E-state index in [0.29, 0.717) is 10.7 Å². The summed E-state index contributed by atoms with van der Waals surface area (Å²) in [6.45, 7) is 0.116. The van der Waals surface area contributed by atoms with Crippen LogP contribution < -0.4 is 4.90 Å². The highest BCUT2D eigenvalue weighted by Crippen LogP contribution is 2.34. The van der Waals surface area contributed by atoms with Gasteiger partial charge >= 0.3 is 0 Å². The van der Waals surface area contributed by atoms with E-state index in [1.165, 1.54) is 23.5 Å². The third-order valence-corrected chi connectivity index (χ3v) is 5.00. The monoisotopic (exact) mass is 325 g/mol. The molecule has 0 bridgehead atoms. The van der Waals surface area contributed by atoms with Gasteiger partial charge in [-0.2, -0.15) is 0 Å². The van der Waals surface area contributed by atoms with Crippen LogP contribution in [0.15, 0.2) is 48.5 Å². The molecule has 1 aliphatic heterocycles. The number of benzene rings is 2. The van der Waals surface area contributed by atoms with Gasteiger partial charge in [0.15, 0.2) is 5.78 Å². The maximum atomic E-state index is 13.1. The minimum absolute atomic E-state index is 0.0571. The molecule has 1 saturated heterocycles. The molecule has 2 aromatic carbocycles. The van der Waals surface area contributed by atoms with Crippen molar-refractivity contribution in [2.24, 2.45) is 0 Å². The first kappa shape index (κ1) is 14.0. The fourth-order valence-electron chi connectivity index (χ4n) is 2.76. The minimum Gasteiger partial charge on any atom is -0.322 e. The van der Waals surface area contributed by atoms with Gasteiger partial charge in [-0.3, -0.25) is 10.2 Å². The number of para-hydroxylation sites is 1. The number of carbonyl (C=O) groups is 1. The van der Waals surface area contributed by atoms with E-state index >= 15 is 0 Å². The van der Waals surface area contributed by atoms with E-state index in [1.807, 2.05) is 24.3 Å². The molecule has 6 heteroatoms. The lowest BCUT2D eigenvalue weighted by Gasteiger charge is -2.17. The molecule has 0 amide bonds. The number of rotatable bonds is 2. The van der Waals surface area contributed by atoms with Crippen molar-refractivity contribution in [1.29, 1.82) is 5.41 Å². The van der Waals surface area contributed by atoms with E-state index in [4.69, 9.17) is 5.41 Å². The number of amidine groups is 1. The zero-order valence-corrected chi connectivity index (χ0v) is 12.8. The number of halogens is 1. The molecule has 4 rings (SSSR count). The van der Waals surface area contributed by atoms with Gasteiger partial charge in [0.2, 0.25) is 0 Å². The fraction of sp³-hybridized carbons (Fsp3) is 0.118. The summed E-state index contributed by atoms with van der Waals surface area (Å²) in [6, 6.07) is 13.5. The summed E-state index contributed by atoms with van der Waals surface area (Å²) in [5.74, 6) is -0.843. The van der Waals surface area contributed by atoms with E-state index in [2.05, 4.69) is 4.98 Å². The van der Waals surface area contributed by atoms with Gasteiger partial charge in [0.25, 0.3) is 0 Å². The molecule has 1 aliphatic rings. The number of nitrogens with one attached hydrogen (secondary N) is 1. The predicted molar refractivity (Wildman–Crippen MR) is 88.8 cm³/mol. The van der Waals surface area contributed by atoms with Crippen molar-refractivity contribution in [1.82, 2.24) is 4.98 Å². The Kier molecular flexibility index (Phi) is 3.20. The third-order valence-electron chi connectivity index (χ3n) is 3.90. The van der Waals surface area contributed by atoms with E-state index < -0.39 is 5.92 Å². The first-order valence-corrected chi connectivity index (χ1v) is 7.95. The number of Topliss-reactive ketones (excluding diaryl/α,β-unsaturated/α-hetero) is 1. The fourth-order valence-corrected chi connectivity index (χ4v) is 3.86. The molecule has 0 radical (unpaired) electrons. The average Bonchev–Trinajstić information content (AvgIpc) is 3.08. The van der Waals surface area contributed by atoms with Gasteiger partial charge in [0.1, 0.15) is 22.6 Å². The molecule has 1 atom stereocenters. The molecule has 114 valence electrons. The van der Waals surface area contributed by atoms with Crippen LogP contribution in [0.2, 0.25) is 0 Å². The largest absolute Gasteiger partial charge is 0.322 e. The highest BCUT2D eigenvalue weighted by Gasteiger charge is 2.39. The van der Waals surface area contributed by atoms with Crippen molar-refractivity contribution >= 4 is 38.9 Å². The number of aromatic nitrogens is 1. The third kappa shape index (κ3) is 2.31. The second-order valence-corrected chi connectivity index (χ2v) is 6.43. The lowest BCUT2D eigenvalue weighted by Crippen LogP contribution is -2.25. The molecular formula is C17H12FN3OS. The van der Waals surface area contributed by atoms with Crippen LogP contribution in [0.4, 0.5) is 10.1 Å². The second-order valence-electron chi connectivity index (χ2n) is 5.37. The summed E-state index contributed by atoms with van der Waals surface area (Å²) in [4.78, 5) is 18.5. The van der Waals surface area contributed by atoms with Crippen LogP contribution in [0, 0.1) is 11.2 Å². The molecular weight excluding hydrogens is 313 g/mol. The van der Waals surface area contributed by atoms with Crippen LogP contribution in [-0.2, 0) is 4.79 Å². The van der Waals surface area contributed by atoms with Gasteiger partial charge in [-0.15, -0.1) is 11.3 Å². The number of nitrogens with zero attached hydrogens (tertiary/aromatic N) is 2. The summed E-state index contributed by atoms with van der Waals surface area (Å²) in [5.41, 5.74) is 1.49. The highest BCUT2D eigenvalue weighted by molar-refractivity contribution is 7.18. The number of anilines is 1. The Labute approximate surface area is 135 Å². The Balaban J connectivity index is 1.71. The van der Waals surface area contributed by atoms with E-state index in [9.17, 15) is 9.18 Å². The number of hydrogen-bond donors (Lipinski definition) is 1. The molecule has 0 aliphatic carbocycles. The topological polar surface area (TPSA) is 57.1 Å². The molecule has 0 spiro atoms. The van der Waals surface area contributed by atoms with Crippen molar-refractivity contribution in [3.8, 4) is 0 Å². The summed E-state index contributed by atoms with van der Waals surface area (Å²) in [6.07, 6.45) is 0. The van der Waals surface area contributed by atoms with Crippen molar-refractivity contribution in [2.45, 2.75) is 5.92 Å². The van der Waals surface area contributed by atoms with Crippen molar-refractivity contribution in [3.05, 3.63) is 59.4 Å². The summed E-state index contributed by atoms with van der Waals surface area (Å²) >= 11 is 1.44. The number of hydrogen-bond acceptors (Lipinski definition) is 4. The van der Waals surface area contributed by atoms with E-state index in [-0.39, 0.29) is 24.0 Å². The van der Waals surface area contributed by atoms with Gasteiger partial charge < -0.3 is 4.90 Å². The normalized spacial score (nSPS) is 18.1. The molecule has 4 nitrogen and oxygen atoms in total. The standard InChI is InChI=1S/C17H12FN3OS/c18-10-5-7-11(8-6-10)21-9-13(22)15(16(21)19)17-20-12-3-1-2-4-14(12)23-17/h1-8,15,19H,9H2. The summed E-state index contributed by atoms with van der Waals surface area (Å²) < 4.78 is 14.1. The maximum absolute atomic E-state index is 13.1. The SMILES string of the molecule is N=C1C(c2nc3ccccc3s2)C(=O)CN1c1ccc(F)cc1. The van der Waals surface area contributed by atoms with Crippen molar-refractivity contribution in [2.75, 3.05) is 11.4 Å². The van der Waals surface area contributed by atoms with Crippen LogP contribution in [0.1, 0.15) is 10.9 Å². The number of ketones is 1. The first-order chi connectivity index (χ1) is 11.1. The van der Waals surface area contributed by atoms with Crippen molar-refractivity contribution in [3.63, 3.8) is 0 Å². The van der Waals surface area contributed by atoms with Gasteiger partial charge in [0.05, 0.1) is 16.8 Å². The zero-order chi connectivity index (χ0) is 16.0. The Morgan fingerprint density at radius 1 is 1.17 bits per heavy atom. The van der Waals surface area contributed by atoms with Gasteiger partial charge in [0, 0.05) is 5.69 Å². The molecule has 1 N–H and O–H groups in total. The first-order valence-electron chi connectivity index (χ1n) is 7.13. The van der Waals surface area contributed by atoms with Gasteiger partial charge in [-0.1, -0.05) is 12.1 Å². The Morgan fingerprint density at radius 2 is 1.91 bits per heavy atom. The molecule has 2 heterocycles. The summed E-state index contributed by atoms with van der Waals surface area (Å²) in [7, 11) is 0. The van der Waals surface area contributed by atoms with E-state index in [0.717, 1.165) is 10.2 Å². The Bertz CT molecular complexity index is 886. The molecule has 3 aromatic rings. The van der Waals surface area contributed by atoms with Crippen LogP contribution in [-0.4, -0.2) is 23.1 Å². The van der Waals surface area contributed by atoms with E-state index in [1.54, 1.807) is 17.0 Å². The quantitative estimate of drug-likeness (QED) is 0.783. The van der Waals surface area contributed by atoms with Gasteiger partial charge in [-0.05, 0) is 36.4 Å². The zero-order valence-electron chi connectivity index (χ0n) is 12.0. The lowest BCUT2D eigenvalue weighted by molar-refractivity contribution is -0.116. The smallest absolute Gasteiger partial charge is 0.170 e. The number of fused-ring (bicyclic) bond motifs is 1.